The highest BCUT2D eigenvalue weighted by molar-refractivity contribution is 5.88. The Morgan fingerprint density at radius 3 is 1.97 bits per heavy atom. The number of aromatic carboxylic acids is 1. The zero-order valence-corrected chi connectivity index (χ0v) is 18.2. The van der Waals surface area contributed by atoms with E-state index < -0.39 is 5.97 Å². The maximum absolute atomic E-state index is 13.2. The molecule has 0 bridgehead atoms. The minimum atomic E-state index is -0.922. The summed E-state index contributed by atoms with van der Waals surface area (Å²) in [6.07, 6.45) is 5.17. The van der Waals surface area contributed by atoms with Gasteiger partial charge in [-0.1, -0.05) is 79.6 Å². The minimum Gasteiger partial charge on any atom is -0.478 e. The summed E-state index contributed by atoms with van der Waals surface area (Å²) in [6.45, 7) is 1.33. The lowest BCUT2D eigenvalue weighted by atomic mass is 10.0. The number of hydrogen-bond donors (Lipinski definition) is 1. The van der Waals surface area contributed by atoms with Gasteiger partial charge < -0.3 is 10.0 Å². The number of carboxylic acids is 1. The Labute approximate surface area is 189 Å². The van der Waals surface area contributed by atoms with Crippen LogP contribution in [-0.4, -0.2) is 28.4 Å². The van der Waals surface area contributed by atoms with E-state index in [1.807, 2.05) is 47.4 Å². The molecule has 32 heavy (non-hydrogen) atoms. The molecule has 0 aromatic heterocycles. The van der Waals surface area contributed by atoms with Gasteiger partial charge in [0.1, 0.15) is 0 Å². The summed E-state index contributed by atoms with van der Waals surface area (Å²) < 4.78 is 0. The second kappa shape index (κ2) is 10.3. The van der Waals surface area contributed by atoms with E-state index in [0.717, 1.165) is 55.3 Å². The summed E-state index contributed by atoms with van der Waals surface area (Å²) in [5.74, 6) is -0.473. The fourth-order valence-electron chi connectivity index (χ4n) is 4.44. The molecule has 1 N–H and O–H groups in total. The molecule has 164 valence electrons. The number of nitrogens with zero attached hydrogens (tertiary/aromatic N) is 1. The van der Waals surface area contributed by atoms with E-state index in [0.29, 0.717) is 6.54 Å². The molecule has 0 atom stereocenters. The number of carbonyl (C=O) groups is 2. The molecule has 4 rings (SSSR count). The minimum absolute atomic E-state index is 0.165. The van der Waals surface area contributed by atoms with Crippen LogP contribution in [0.1, 0.15) is 47.2 Å². The maximum Gasteiger partial charge on any atom is 0.335 e. The third-order valence-electron chi connectivity index (χ3n) is 6.32. The molecule has 0 aliphatic heterocycles. The van der Waals surface area contributed by atoms with Crippen molar-refractivity contribution in [1.29, 1.82) is 0 Å². The molecule has 0 spiro atoms. The number of amides is 1. The van der Waals surface area contributed by atoms with E-state index in [2.05, 4.69) is 24.3 Å². The molecular weight excluding hydrogens is 398 g/mol. The summed E-state index contributed by atoms with van der Waals surface area (Å²) in [5, 5.41) is 9.07. The van der Waals surface area contributed by atoms with Crippen molar-refractivity contribution in [2.45, 2.75) is 38.6 Å². The van der Waals surface area contributed by atoms with Gasteiger partial charge in [0, 0.05) is 19.0 Å². The second-order valence-electron chi connectivity index (χ2n) is 8.56. The maximum atomic E-state index is 13.2. The first-order chi connectivity index (χ1) is 15.6. The van der Waals surface area contributed by atoms with Crippen LogP contribution in [0.5, 0.6) is 0 Å². The van der Waals surface area contributed by atoms with Crippen LogP contribution < -0.4 is 0 Å². The van der Waals surface area contributed by atoms with Crippen molar-refractivity contribution in [2.24, 2.45) is 5.92 Å². The van der Waals surface area contributed by atoms with Crippen LogP contribution in [0.15, 0.2) is 78.9 Å². The lowest BCUT2D eigenvalue weighted by Crippen LogP contribution is -2.36. The molecule has 4 nitrogen and oxygen atoms in total. The number of carboxylic acid groups (broad SMARTS) is 1. The van der Waals surface area contributed by atoms with Crippen LogP contribution in [-0.2, 0) is 17.8 Å². The van der Waals surface area contributed by atoms with Crippen LogP contribution >= 0.6 is 0 Å². The van der Waals surface area contributed by atoms with Crippen molar-refractivity contribution in [3.05, 3.63) is 95.6 Å². The van der Waals surface area contributed by atoms with Gasteiger partial charge >= 0.3 is 5.97 Å². The van der Waals surface area contributed by atoms with Crippen LogP contribution in [0, 0.1) is 5.92 Å². The predicted molar refractivity (Wildman–Crippen MR) is 126 cm³/mol. The zero-order valence-electron chi connectivity index (χ0n) is 18.2. The largest absolute Gasteiger partial charge is 0.478 e. The average Bonchev–Trinajstić information content (AvgIpc) is 3.37. The van der Waals surface area contributed by atoms with Gasteiger partial charge in [-0.3, -0.25) is 4.79 Å². The molecular formula is C28H29NO3. The Kier molecular flexibility index (Phi) is 7.00. The van der Waals surface area contributed by atoms with Gasteiger partial charge in [0.05, 0.1) is 5.56 Å². The fraction of sp³-hybridized carbons (Fsp3) is 0.286. The third-order valence-corrected chi connectivity index (χ3v) is 6.32. The van der Waals surface area contributed by atoms with Gasteiger partial charge in [-0.15, -0.1) is 0 Å². The highest BCUT2D eigenvalue weighted by Crippen LogP contribution is 2.28. The topological polar surface area (TPSA) is 57.6 Å². The van der Waals surface area contributed by atoms with Crippen molar-refractivity contribution < 1.29 is 14.7 Å². The first-order valence-electron chi connectivity index (χ1n) is 11.4. The van der Waals surface area contributed by atoms with E-state index >= 15 is 0 Å². The van der Waals surface area contributed by atoms with Gasteiger partial charge in [0.2, 0.25) is 5.91 Å². The molecule has 1 amide bonds. The first kappa shape index (κ1) is 21.8. The molecule has 0 unspecified atom stereocenters. The van der Waals surface area contributed by atoms with Gasteiger partial charge in [-0.05, 0) is 53.6 Å². The highest BCUT2D eigenvalue weighted by atomic mass is 16.4. The quantitative estimate of drug-likeness (QED) is 0.493. The summed E-state index contributed by atoms with van der Waals surface area (Å²) in [6, 6.07) is 25.4. The number of rotatable bonds is 8. The molecule has 1 fully saturated rings. The Hall–Kier alpha value is -3.40. The fourth-order valence-corrected chi connectivity index (χ4v) is 4.44. The Morgan fingerprint density at radius 2 is 1.38 bits per heavy atom. The highest BCUT2D eigenvalue weighted by Gasteiger charge is 2.27. The van der Waals surface area contributed by atoms with Crippen LogP contribution in [0.3, 0.4) is 0 Å². The van der Waals surface area contributed by atoms with Crippen LogP contribution in [0.2, 0.25) is 0 Å². The molecule has 1 saturated carbocycles. The number of benzene rings is 3. The lowest BCUT2D eigenvalue weighted by Gasteiger charge is -2.26. The van der Waals surface area contributed by atoms with Gasteiger partial charge in [0.25, 0.3) is 0 Å². The molecule has 3 aromatic carbocycles. The third kappa shape index (κ3) is 5.44. The molecule has 3 aromatic rings. The molecule has 0 heterocycles. The van der Waals surface area contributed by atoms with Gasteiger partial charge in [-0.2, -0.15) is 0 Å². The SMILES string of the molecule is O=C(O)c1ccc(-c2ccc(CN(CCc3ccccc3)C(=O)C3CCCC3)cc2)cc1. The van der Waals surface area contributed by atoms with Gasteiger partial charge in [0.15, 0.2) is 0 Å². The van der Waals surface area contributed by atoms with Crippen LogP contribution in [0.4, 0.5) is 0 Å². The van der Waals surface area contributed by atoms with Crippen LogP contribution in [0.25, 0.3) is 11.1 Å². The summed E-state index contributed by atoms with van der Waals surface area (Å²) in [5.41, 5.74) is 4.64. The summed E-state index contributed by atoms with van der Waals surface area (Å²) in [7, 11) is 0. The van der Waals surface area contributed by atoms with E-state index in [9.17, 15) is 9.59 Å². The van der Waals surface area contributed by atoms with Crippen molar-refractivity contribution in [3.8, 4) is 11.1 Å². The van der Waals surface area contributed by atoms with Crippen molar-refractivity contribution in [3.63, 3.8) is 0 Å². The first-order valence-corrected chi connectivity index (χ1v) is 11.4. The van der Waals surface area contributed by atoms with E-state index in [1.165, 1.54) is 5.56 Å². The summed E-state index contributed by atoms with van der Waals surface area (Å²) in [4.78, 5) is 26.3. The second-order valence-corrected chi connectivity index (χ2v) is 8.56. The summed E-state index contributed by atoms with van der Waals surface area (Å²) >= 11 is 0. The lowest BCUT2D eigenvalue weighted by molar-refractivity contribution is -0.136. The van der Waals surface area contributed by atoms with Crippen molar-refractivity contribution in [1.82, 2.24) is 4.90 Å². The Bertz CT molecular complexity index is 1040. The predicted octanol–water partition coefficient (Wildman–Crippen LogP) is 5.81. The normalized spacial score (nSPS) is 13.8. The molecule has 1 aliphatic carbocycles. The monoisotopic (exact) mass is 427 g/mol. The smallest absolute Gasteiger partial charge is 0.335 e. The standard InChI is InChI=1S/C28H29NO3/c30-27(25-8-4-5-9-25)29(19-18-21-6-2-1-3-7-21)20-22-10-12-23(13-11-22)24-14-16-26(17-15-24)28(31)32/h1-3,6-7,10-17,25H,4-5,8-9,18-20H2,(H,31,32). The van der Waals surface area contributed by atoms with Gasteiger partial charge in [-0.25, -0.2) is 4.79 Å². The number of carbonyl (C=O) groups excluding carboxylic acids is 1. The average molecular weight is 428 g/mol. The Morgan fingerprint density at radius 1 is 0.781 bits per heavy atom. The van der Waals surface area contributed by atoms with E-state index in [1.54, 1.807) is 12.1 Å². The van der Waals surface area contributed by atoms with Crippen molar-refractivity contribution >= 4 is 11.9 Å². The number of hydrogen-bond acceptors (Lipinski definition) is 2. The van der Waals surface area contributed by atoms with Crippen molar-refractivity contribution in [2.75, 3.05) is 6.54 Å². The van der Waals surface area contributed by atoms with E-state index in [4.69, 9.17) is 5.11 Å². The molecule has 0 radical (unpaired) electrons. The molecule has 4 heteroatoms. The molecule has 1 aliphatic rings. The zero-order chi connectivity index (χ0) is 22.3. The van der Waals surface area contributed by atoms with E-state index in [-0.39, 0.29) is 17.4 Å². The Balaban J connectivity index is 1.46. The molecule has 0 saturated heterocycles.